The Kier molecular flexibility index (Phi) is 8.24. The van der Waals surface area contributed by atoms with Gasteiger partial charge in [-0.05, 0) is 74.0 Å². The molecule has 3 aliphatic heterocycles. The van der Waals surface area contributed by atoms with Gasteiger partial charge in [-0.25, -0.2) is 4.98 Å². The van der Waals surface area contributed by atoms with Crippen molar-refractivity contribution in [1.29, 1.82) is 0 Å². The Bertz CT molecular complexity index is 1250. The number of benzene rings is 2. The minimum Gasteiger partial charge on any atom is -0.356 e. The SMILES string of the molecule is O=C(c1ccc2ccccc2c1)N1CCC(N2CCCCC(Nc3nccc(N4CCCCCC4)n3)C2)CC1. The molecule has 0 bridgehead atoms. The van der Waals surface area contributed by atoms with Gasteiger partial charge in [0.25, 0.3) is 5.91 Å². The molecule has 7 heteroatoms. The van der Waals surface area contributed by atoms with E-state index in [1.807, 2.05) is 30.5 Å². The van der Waals surface area contributed by atoms with Crippen LogP contribution in [0.25, 0.3) is 10.8 Å². The second-order valence-electron chi connectivity index (χ2n) is 11.6. The number of carbonyl (C=O) groups excluding carboxylic acids is 1. The summed E-state index contributed by atoms with van der Waals surface area (Å²) >= 11 is 0. The van der Waals surface area contributed by atoms with E-state index < -0.39 is 0 Å². The highest BCUT2D eigenvalue weighted by Crippen LogP contribution is 2.25. The summed E-state index contributed by atoms with van der Waals surface area (Å²) in [6, 6.07) is 17.3. The average Bonchev–Trinajstić information content (AvgIpc) is 3.40. The third-order valence-corrected chi connectivity index (χ3v) is 8.87. The fraction of sp³-hybridized carbons (Fsp3) is 0.531. The molecule has 3 saturated heterocycles. The molecule has 2 aromatic carbocycles. The number of aromatic nitrogens is 2. The number of nitrogens with one attached hydrogen (secondary N) is 1. The number of rotatable bonds is 5. The lowest BCUT2D eigenvalue weighted by Gasteiger charge is -2.39. The minimum atomic E-state index is 0.163. The van der Waals surface area contributed by atoms with Crippen LogP contribution in [-0.2, 0) is 0 Å². The predicted octanol–water partition coefficient (Wildman–Crippen LogP) is 5.58. The van der Waals surface area contributed by atoms with E-state index >= 15 is 0 Å². The van der Waals surface area contributed by atoms with Crippen LogP contribution >= 0.6 is 0 Å². The lowest BCUT2D eigenvalue weighted by atomic mass is 10.0. The van der Waals surface area contributed by atoms with Crippen molar-refractivity contribution in [3.05, 3.63) is 60.3 Å². The first kappa shape index (κ1) is 26.1. The number of piperidine rings is 1. The minimum absolute atomic E-state index is 0.163. The zero-order valence-corrected chi connectivity index (χ0v) is 23.1. The van der Waals surface area contributed by atoms with Crippen molar-refractivity contribution >= 4 is 28.4 Å². The van der Waals surface area contributed by atoms with Gasteiger partial charge in [0.05, 0.1) is 0 Å². The molecule has 3 aliphatic rings. The van der Waals surface area contributed by atoms with Crippen molar-refractivity contribution in [3.63, 3.8) is 0 Å². The fourth-order valence-electron chi connectivity index (χ4n) is 6.64. The molecule has 1 unspecified atom stereocenters. The van der Waals surface area contributed by atoms with Gasteiger partial charge in [0, 0.05) is 56.6 Å². The highest BCUT2D eigenvalue weighted by Gasteiger charge is 2.30. The maximum Gasteiger partial charge on any atom is 0.253 e. The summed E-state index contributed by atoms with van der Waals surface area (Å²) in [6.07, 6.45) is 12.7. The van der Waals surface area contributed by atoms with Crippen LogP contribution < -0.4 is 10.2 Å². The van der Waals surface area contributed by atoms with Crippen LogP contribution in [0.5, 0.6) is 0 Å². The van der Waals surface area contributed by atoms with E-state index in [1.165, 1.54) is 43.9 Å². The number of amides is 1. The van der Waals surface area contributed by atoms with Crippen LogP contribution in [0.1, 0.15) is 68.1 Å². The van der Waals surface area contributed by atoms with Gasteiger partial charge in [0.1, 0.15) is 5.82 Å². The summed E-state index contributed by atoms with van der Waals surface area (Å²) in [6.45, 7) is 5.99. The average molecular weight is 527 g/mol. The first-order valence-corrected chi connectivity index (χ1v) is 15.1. The number of hydrogen-bond donors (Lipinski definition) is 1. The Morgan fingerprint density at radius 3 is 2.38 bits per heavy atom. The van der Waals surface area contributed by atoms with E-state index in [0.29, 0.717) is 12.1 Å². The lowest BCUT2D eigenvalue weighted by molar-refractivity contribution is 0.0620. The first-order valence-electron chi connectivity index (χ1n) is 15.1. The monoisotopic (exact) mass is 526 g/mol. The van der Waals surface area contributed by atoms with Crippen LogP contribution in [0.15, 0.2) is 54.7 Å². The topological polar surface area (TPSA) is 64.6 Å². The van der Waals surface area contributed by atoms with Gasteiger partial charge in [-0.15, -0.1) is 0 Å². The van der Waals surface area contributed by atoms with E-state index in [2.05, 4.69) is 49.3 Å². The van der Waals surface area contributed by atoms with E-state index in [1.54, 1.807) is 0 Å². The molecular weight excluding hydrogens is 484 g/mol. The fourth-order valence-corrected chi connectivity index (χ4v) is 6.64. The summed E-state index contributed by atoms with van der Waals surface area (Å²) < 4.78 is 0. The van der Waals surface area contributed by atoms with Crippen molar-refractivity contribution in [2.24, 2.45) is 0 Å². The van der Waals surface area contributed by atoms with Crippen LogP contribution in [0.3, 0.4) is 0 Å². The normalized spacial score (nSPS) is 21.9. The molecule has 0 radical (unpaired) electrons. The van der Waals surface area contributed by atoms with Crippen LogP contribution in [0, 0.1) is 0 Å². The van der Waals surface area contributed by atoms with Gasteiger partial charge in [-0.3, -0.25) is 9.69 Å². The second kappa shape index (κ2) is 12.3. The zero-order valence-electron chi connectivity index (χ0n) is 23.1. The van der Waals surface area contributed by atoms with Crippen molar-refractivity contribution in [1.82, 2.24) is 19.8 Å². The zero-order chi connectivity index (χ0) is 26.4. The van der Waals surface area contributed by atoms with Gasteiger partial charge in [0.2, 0.25) is 5.95 Å². The molecule has 6 rings (SSSR count). The molecular formula is C32H42N6O. The van der Waals surface area contributed by atoms with Crippen LogP contribution in [-0.4, -0.2) is 77.0 Å². The van der Waals surface area contributed by atoms with Gasteiger partial charge >= 0.3 is 0 Å². The summed E-state index contributed by atoms with van der Waals surface area (Å²) in [5, 5.41) is 6.00. The summed E-state index contributed by atoms with van der Waals surface area (Å²) in [5.74, 6) is 1.98. The number of carbonyl (C=O) groups is 1. The van der Waals surface area contributed by atoms with Gasteiger partial charge in [-0.2, -0.15) is 4.98 Å². The molecule has 1 aromatic heterocycles. The number of hydrogen-bond acceptors (Lipinski definition) is 6. The van der Waals surface area contributed by atoms with Gasteiger partial charge in [-0.1, -0.05) is 49.6 Å². The first-order chi connectivity index (χ1) is 19.2. The quantitative estimate of drug-likeness (QED) is 0.468. The second-order valence-corrected chi connectivity index (χ2v) is 11.6. The Morgan fingerprint density at radius 2 is 1.56 bits per heavy atom. The van der Waals surface area contributed by atoms with Crippen molar-refractivity contribution < 1.29 is 4.79 Å². The van der Waals surface area contributed by atoms with Crippen molar-refractivity contribution in [2.45, 2.75) is 69.9 Å². The number of likely N-dealkylation sites (tertiary alicyclic amines) is 2. The highest BCUT2D eigenvalue weighted by molar-refractivity contribution is 5.98. The maximum absolute atomic E-state index is 13.3. The van der Waals surface area contributed by atoms with E-state index in [-0.39, 0.29) is 5.91 Å². The van der Waals surface area contributed by atoms with E-state index in [4.69, 9.17) is 4.98 Å². The van der Waals surface area contributed by atoms with Gasteiger partial charge < -0.3 is 15.1 Å². The number of fused-ring (bicyclic) bond motifs is 1. The molecule has 39 heavy (non-hydrogen) atoms. The molecule has 7 nitrogen and oxygen atoms in total. The molecule has 0 aliphatic carbocycles. The number of nitrogens with zero attached hydrogens (tertiary/aromatic N) is 5. The molecule has 0 saturated carbocycles. The third-order valence-electron chi connectivity index (χ3n) is 8.87. The summed E-state index contributed by atoms with van der Waals surface area (Å²) in [7, 11) is 0. The maximum atomic E-state index is 13.3. The van der Waals surface area contributed by atoms with E-state index in [9.17, 15) is 4.79 Å². The third kappa shape index (κ3) is 6.35. The molecule has 0 spiro atoms. The molecule has 1 amide bonds. The largest absolute Gasteiger partial charge is 0.356 e. The summed E-state index contributed by atoms with van der Waals surface area (Å²) in [5.41, 5.74) is 0.800. The Labute approximate surface area is 232 Å². The Morgan fingerprint density at radius 1 is 0.795 bits per heavy atom. The van der Waals surface area contributed by atoms with E-state index in [0.717, 1.165) is 81.2 Å². The van der Waals surface area contributed by atoms with Crippen LogP contribution in [0.2, 0.25) is 0 Å². The van der Waals surface area contributed by atoms with Crippen molar-refractivity contribution in [3.8, 4) is 0 Å². The molecule has 3 fully saturated rings. The molecule has 3 aromatic rings. The van der Waals surface area contributed by atoms with Crippen molar-refractivity contribution in [2.75, 3.05) is 49.5 Å². The molecule has 1 N–H and O–H groups in total. The lowest BCUT2D eigenvalue weighted by Crippen LogP contribution is -2.49. The number of anilines is 2. The standard InChI is InChI=1S/C32H42N6O/c39-31(27-13-12-25-9-3-4-10-26(25)23-27)37-21-15-29(16-22-37)38-20-8-5-11-28(24-38)34-32-33-17-14-30(35-32)36-18-6-1-2-7-19-36/h3-4,9-10,12-14,17,23,28-29H,1-2,5-8,11,15-16,18-22,24H2,(H,33,34,35). The highest BCUT2D eigenvalue weighted by atomic mass is 16.2. The Balaban J connectivity index is 1.05. The smallest absolute Gasteiger partial charge is 0.253 e. The molecule has 4 heterocycles. The van der Waals surface area contributed by atoms with Gasteiger partial charge in [0.15, 0.2) is 0 Å². The molecule has 206 valence electrons. The molecule has 1 atom stereocenters. The Hall–Kier alpha value is -3.19. The summed E-state index contributed by atoms with van der Waals surface area (Å²) in [4.78, 5) is 29.9. The predicted molar refractivity (Wildman–Crippen MR) is 158 cm³/mol. The van der Waals surface area contributed by atoms with Crippen LogP contribution in [0.4, 0.5) is 11.8 Å².